The molecule has 1 N–H and O–H groups in total. The topological polar surface area (TPSA) is 119 Å². The molecule has 1 aliphatic heterocycles. The van der Waals surface area contributed by atoms with Crippen molar-refractivity contribution in [2.45, 2.75) is 25.9 Å². The molecule has 2 atom stereocenters. The fourth-order valence-corrected chi connectivity index (χ4v) is 4.08. The van der Waals surface area contributed by atoms with Gasteiger partial charge in [-0.05, 0) is 36.6 Å². The fraction of sp³-hybridized carbons (Fsp3) is 0.350. The number of ether oxygens (including phenoxy) is 2. The van der Waals surface area contributed by atoms with Gasteiger partial charge >= 0.3 is 0 Å². The molecule has 30 heavy (non-hydrogen) atoms. The van der Waals surface area contributed by atoms with Crippen LogP contribution < -0.4 is 9.47 Å². The van der Waals surface area contributed by atoms with E-state index in [9.17, 15) is 23.7 Å². The molecule has 0 spiro atoms. The van der Waals surface area contributed by atoms with E-state index in [1.807, 2.05) is 6.92 Å². The van der Waals surface area contributed by atoms with E-state index in [0.717, 1.165) is 0 Å². The number of benzene rings is 2. The van der Waals surface area contributed by atoms with Crippen molar-refractivity contribution in [1.82, 2.24) is 4.90 Å². The standard InChI is InChI=1S/C20H22N2O7S/c1-3-29-18-11-13(7-8-17(18)28-2)15(9-10-30(26)27)21-12-14-5-4-6-16(22(24)25)19(14)20(21)23/h4-8,11,15H,3,9-10,12H2,1-2H3,(H,26,27). The number of nitrogens with zero attached hydrogens (tertiary/aromatic N) is 2. The molecule has 0 saturated carbocycles. The van der Waals surface area contributed by atoms with Gasteiger partial charge in [-0.1, -0.05) is 18.2 Å². The van der Waals surface area contributed by atoms with Gasteiger partial charge in [-0.25, -0.2) is 4.21 Å². The van der Waals surface area contributed by atoms with Crippen LogP contribution in [0.15, 0.2) is 36.4 Å². The molecule has 0 bridgehead atoms. The average molecular weight is 434 g/mol. The molecular weight excluding hydrogens is 412 g/mol. The van der Waals surface area contributed by atoms with E-state index in [0.29, 0.717) is 29.2 Å². The Hall–Kier alpha value is -2.98. The number of nitro benzene ring substituents is 1. The maximum atomic E-state index is 13.1. The van der Waals surface area contributed by atoms with Gasteiger partial charge in [-0.15, -0.1) is 0 Å². The van der Waals surface area contributed by atoms with Gasteiger partial charge in [-0.2, -0.15) is 0 Å². The minimum absolute atomic E-state index is 0.0527. The molecule has 0 aromatic heterocycles. The lowest BCUT2D eigenvalue weighted by Gasteiger charge is -2.28. The second-order valence-electron chi connectivity index (χ2n) is 6.67. The van der Waals surface area contributed by atoms with Crippen molar-refractivity contribution in [3.05, 3.63) is 63.2 Å². The molecule has 1 amide bonds. The quantitative estimate of drug-likeness (QED) is 0.365. The Kier molecular flexibility index (Phi) is 6.68. The third kappa shape index (κ3) is 4.29. The van der Waals surface area contributed by atoms with Crippen LogP contribution in [0.4, 0.5) is 5.69 Å². The van der Waals surface area contributed by atoms with Gasteiger partial charge in [0.25, 0.3) is 11.6 Å². The van der Waals surface area contributed by atoms with Crippen molar-refractivity contribution < 1.29 is 28.0 Å². The van der Waals surface area contributed by atoms with Crippen molar-refractivity contribution in [3.63, 3.8) is 0 Å². The first-order valence-electron chi connectivity index (χ1n) is 9.32. The molecule has 2 unspecified atom stereocenters. The van der Waals surface area contributed by atoms with Crippen LogP contribution in [0, 0.1) is 10.1 Å². The lowest BCUT2D eigenvalue weighted by Crippen LogP contribution is -2.30. The number of carbonyl (C=O) groups excluding carboxylic acids is 1. The summed E-state index contributed by atoms with van der Waals surface area (Å²) in [5, 5.41) is 11.4. The minimum atomic E-state index is -2.05. The number of carbonyl (C=O) groups is 1. The van der Waals surface area contributed by atoms with Crippen molar-refractivity contribution in [2.75, 3.05) is 19.5 Å². The Morgan fingerprint density at radius 1 is 1.30 bits per heavy atom. The SMILES string of the molecule is CCOc1cc(C(CCS(=O)O)N2Cc3cccc([N+](=O)[O-])c3C2=O)ccc1OC. The summed E-state index contributed by atoms with van der Waals surface area (Å²) in [4.78, 5) is 25.5. The number of methoxy groups -OCH3 is 1. The smallest absolute Gasteiger partial charge is 0.282 e. The van der Waals surface area contributed by atoms with E-state index in [4.69, 9.17) is 9.47 Å². The average Bonchev–Trinajstić information content (AvgIpc) is 3.05. The predicted octanol–water partition coefficient (Wildman–Crippen LogP) is 3.31. The molecule has 1 aliphatic rings. The Labute approximate surface area is 176 Å². The van der Waals surface area contributed by atoms with Crippen LogP contribution in [-0.4, -0.2) is 44.0 Å². The molecule has 2 aromatic carbocycles. The Morgan fingerprint density at radius 2 is 2.07 bits per heavy atom. The monoisotopic (exact) mass is 434 g/mol. The lowest BCUT2D eigenvalue weighted by molar-refractivity contribution is -0.385. The largest absolute Gasteiger partial charge is 0.493 e. The van der Waals surface area contributed by atoms with Crippen molar-refractivity contribution >= 4 is 22.7 Å². The first-order valence-corrected chi connectivity index (χ1v) is 10.6. The van der Waals surface area contributed by atoms with E-state index in [-0.39, 0.29) is 30.0 Å². The van der Waals surface area contributed by atoms with Gasteiger partial charge in [-0.3, -0.25) is 14.9 Å². The zero-order valence-corrected chi connectivity index (χ0v) is 17.4. The van der Waals surface area contributed by atoms with E-state index >= 15 is 0 Å². The Balaban J connectivity index is 2.02. The summed E-state index contributed by atoms with van der Waals surface area (Å²) < 4.78 is 31.6. The first-order chi connectivity index (χ1) is 14.4. The number of amides is 1. The summed E-state index contributed by atoms with van der Waals surface area (Å²) >= 11 is -2.05. The molecular formula is C20H22N2O7S. The summed E-state index contributed by atoms with van der Waals surface area (Å²) in [6.07, 6.45) is 0.203. The van der Waals surface area contributed by atoms with Gasteiger partial charge in [0, 0.05) is 12.6 Å². The third-order valence-corrected chi connectivity index (χ3v) is 5.54. The van der Waals surface area contributed by atoms with Crippen molar-refractivity contribution in [1.29, 1.82) is 0 Å². The number of hydrogen-bond donors (Lipinski definition) is 1. The molecule has 1 heterocycles. The Morgan fingerprint density at radius 3 is 2.70 bits per heavy atom. The van der Waals surface area contributed by atoms with Crippen LogP contribution in [0.2, 0.25) is 0 Å². The van der Waals surface area contributed by atoms with Crippen molar-refractivity contribution in [2.24, 2.45) is 0 Å². The highest BCUT2D eigenvalue weighted by atomic mass is 32.2. The molecule has 9 nitrogen and oxygen atoms in total. The van der Waals surface area contributed by atoms with Crippen molar-refractivity contribution in [3.8, 4) is 11.5 Å². The second-order valence-corrected chi connectivity index (χ2v) is 7.73. The van der Waals surface area contributed by atoms with Gasteiger partial charge in [0.15, 0.2) is 22.6 Å². The molecule has 160 valence electrons. The number of fused-ring (bicyclic) bond motifs is 1. The number of nitro groups is 1. The van der Waals surface area contributed by atoms with Crippen LogP contribution in [0.3, 0.4) is 0 Å². The number of rotatable bonds is 9. The normalized spacial score (nSPS) is 14.9. The zero-order valence-electron chi connectivity index (χ0n) is 16.6. The van der Waals surface area contributed by atoms with Crippen LogP contribution in [0.25, 0.3) is 0 Å². The highest BCUT2D eigenvalue weighted by Crippen LogP contribution is 2.39. The second kappa shape index (κ2) is 9.23. The van der Waals surface area contributed by atoms with E-state index in [1.165, 1.54) is 18.1 Å². The molecule has 0 radical (unpaired) electrons. The Bertz CT molecular complexity index is 995. The lowest BCUT2D eigenvalue weighted by atomic mass is 10.0. The summed E-state index contributed by atoms with van der Waals surface area (Å²) in [5.74, 6) is 0.488. The van der Waals surface area contributed by atoms with E-state index in [2.05, 4.69) is 0 Å². The van der Waals surface area contributed by atoms with E-state index in [1.54, 1.807) is 30.3 Å². The highest BCUT2D eigenvalue weighted by molar-refractivity contribution is 7.79. The van der Waals surface area contributed by atoms with Crippen LogP contribution in [0.1, 0.15) is 40.9 Å². The number of hydrogen-bond acceptors (Lipinski definition) is 6. The predicted molar refractivity (Wildman–Crippen MR) is 110 cm³/mol. The summed E-state index contributed by atoms with van der Waals surface area (Å²) in [7, 11) is 1.52. The summed E-state index contributed by atoms with van der Waals surface area (Å²) in [5.41, 5.74) is 1.07. The minimum Gasteiger partial charge on any atom is -0.493 e. The molecule has 3 rings (SSSR count). The summed E-state index contributed by atoms with van der Waals surface area (Å²) in [6.45, 7) is 2.41. The molecule has 0 fully saturated rings. The van der Waals surface area contributed by atoms with Gasteiger partial charge < -0.3 is 18.9 Å². The molecule has 2 aromatic rings. The maximum absolute atomic E-state index is 13.1. The van der Waals surface area contributed by atoms with Gasteiger partial charge in [0.2, 0.25) is 0 Å². The fourth-order valence-electron chi connectivity index (χ4n) is 3.65. The van der Waals surface area contributed by atoms with Gasteiger partial charge in [0.1, 0.15) is 5.56 Å². The maximum Gasteiger partial charge on any atom is 0.282 e. The van der Waals surface area contributed by atoms with Gasteiger partial charge in [0.05, 0.1) is 30.4 Å². The highest BCUT2D eigenvalue weighted by Gasteiger charge is 2.38. The molecule has 10 heteroatoms. The summed E-state index contributed by atoms with van der Waals surface area (Å²) in [6, 6.07) is 9.17. The third-order valence-electron chi connectivity index (χ3n) is 4.96. The van der Waals surface area contributed by atoms with Crippen LogP contribution >= 0.6 is 0 Å². The molecule has 0 saturated heterocycles. The van der Waals surface area contributed by atoms with E-state index < -0.39 is 28.0 Å². The zero-order chi connectivity index (χ0) is 21.8. The van der Waals surface area contributed by atoms with Crippen LogP contribution in [0.5, 0.6) is 11.5 Å². The van der Waals surface area contributed by atoms with Crippen LogP contribution in [-0.2, 0) is 17.6 Å². The molecule has 0 aliphatic carbocycles. The first kappa shape index (κ1) is 21.7.